The van der Waals surface area contributed by atoms with E-state index in [1.807, 2.05) is 36.4 Å². The van der Waals surface area contributed by atoms with Crippen molar-refractivity contribution < 1.29 is 0 Å². The highest BCUT2D eigenvalue weighted by molar-refractivity contribution is 7.99. The molecule has 2 aromatic rings. The second kappa shape index (κ2) is 4.81. The Labute approximate surface area is 105 Å². The van der Waals surface area contributed by atoms with Gasteiger partial charge in [-0.3, -0.25) is 0 Å². The molecule has 0 saturated carbocycles. The van der Waals surface area contributed by atoms with Gasteiger partial charge in [-0.05, 0) is 36.8 Å². The van der Waals surface area contributed by atoms with Crippen molar-refractivity contribution in [2.24, 2.45) is 0 Å². The SMILES string of the molecule is Cc1ccc(N)c(Sc2ccccc2Cl)c1. The number of nitrogen functional groups attached to an aromatic ring is 1. The number of benzene rings is 2. The molecular weight excluding hydrogens is 238 g/mol. The number of aryl methyl sites for hydroxylation is 1. The van der Waals surface area contributed by atoms with E-state index in [2.05, 4.69) is 13.0 Å². The molecule has 0 aliphatic rings. The van der Waals surface area contributed by atoms with Crippen molar-refractivity contribution in [2.45, 2.75) is 16.7 Å². The first-order chi connectivity index (χ1) is 7.66. The van der Waals surface area contributed by atoms with Crippen LogP contribution in [0.25, 0.3) is 0 Å². The van der Waals surface area contributed by atoms with E-state index in [4.69, 9.17) is 17.3 Å². The molecule has 2 N–H and O–H groups in total. The summed E-state index contributed by atoms with van der Waals surface area (Å²) in [6.07, 6.45) is 0. The van der Waals surface area contributed by atoms with Gasteiger partial charge in [-0.25, -0.2) is 0 Å². The van der Waals surface area contributed by atoms with Crippen molar-refractivity contribution in [2.75, 3.05) is 5.73 Å². The van der Waals surface area contributed by atoms with Crippen molar-refractivity contribution in [3.63, 3.8) is 0 Å². The molecule has 0 atom stereocenters. The summed E-state index contributed by atoms with van der Waals surface area (Å²) < 4.78 is 0. The fraction of sp³-hybridized carbons (Fsp3) is 0.0769. The van der Waals surface area contributed by atoms with Crippen molar-refractivity contribution in [1.29, 1.82) is 0 Å². The maximum atomic E-state index is 6.10. The van der Waals surface area contributed by atoms with Gasteiger partial charge in [0.25, 0.3) is 0 Å². The first-order valence-corrected chi connectivity index (χ1v) is 6.15. The Morgan fingerprint density at radius 3 is 2.56 bits per heavy atom. The Balaban J connectivity index is 2.34. The molecule has 0 aliphatic heterocycles. The van der Waals surface area contributed by atoms with Crippen LogP contribution in [0.5, 0.6) is 0 Å². The highest BCUT2D eigenvalue weighted by Crippen LogP contribution is 2.36. The van der Waals surface area contributed by atoms with Crippen LogP contribution in [0.2, 0.25) is 5.02 Å². The second-order valence-electron chi connectivity index (χ2n) is 3.57. The van der Waals surface area contributed by atoms with Gasteiger partial charge < -0.3 is 5.73 Å². The Morgan fingerprint density at radius 1 is 1.06 bits per heavy atom. The van der Waals surface area contributed by atoms with Gasteiger partial charge in [-0.15, -0.1) is 0 Å². The summed E-state index contributed by atoms with van der Waals surface area (Å²) in [5.41, 5.74) is 7.91. The fourth-order valence-corrected chi connectivity index (χ4v) is 2.61. The largest absolute Gasteiger partial charge is 0.398 e. The van der Waals surface area contributed by atoms with Gasteiger partial charge in [0.05, 0.1) is 5.02 Å². The minimum atomic E-state index is 0.758. The van der Waals surface area contributed by atoms with E-state index in [0.717, 1.165) is 20.5 Å². The Hall–Kier alpha value is -1.12. The number of hydrogen-bond donors (Lipinski definition) is 1. The molecular formula is C13H12ClNS. The van der Waals surface area contributed by atoms with Crippen LogP contribution >= 0.6 is 23.4 Å². The zero-order chi connectivity index (χ0) is 11.5. The monoisotopic (exact) mass is 249 g/mol. The van der Waals surface area contributed by atoms with Gasteiger partial charge in [0, 0.05) is 15.5 Å². The summed E-state index contributed by atoms with van der Waals surface area (Å²) in [5, 5.41) is 0.758. The van der Waals surface area contributed by atoms with Crippen molar-refractivity contribution in [1.82, 2.24) is 0 Å². The summed E-state index contributed by atoms with van der Waals surface area (Å²) in [4.78, 5) is 2.08. The lowest BCUT2D eigenvalue weighted by molar-refractivity contribution is 1.35. The van der Waals surface area contributed by atoms with Crippen LogP contribution in [0.15, 0.2) is 52.3 Å². The van der Waals surface area contributed by atoms with Crippen LogP contribution in [-0.2, 0) is 0 Å². The molecule has 0 saturated heterocycles. The zero-order valence-corrected chi connectivity index (χ0v) is 10.5. The fourth-order valence-electron chi connectivity index (χ4n) is 1.38. The number of hydrogen-bond acceptors (Lipinski definition) is 2. The maximum Gasteiger partial charge on any atom is 0.0545 e. The molecule has 0 heterocycles. The van der Waals surface area contributed by atoms with E-state index in [-0.39, 0.29) is 0 Å². The molecule has 0 radical (unpaired) electrons. The molecule has 0 bridgehead atoms. The van der Waals surface area contributed by atoms with E-state index in [9.17, 15) is 0 Å². The molecule has 2 rings (SSSR count). The number of rotatable bonds is 2. The van der Waals surface area contributed by atoms with Crippen LogP contribution < -0.4 is 5.73 Å². The molecule has 0 spiro atoms. The minimum Gasteiger partial charge on any atom is -0.398 e. The summed E-state index contributed by atoms with van der Waals surface area (Å²) in [5.74, 6) is 0. The van der Waals surface area contributed by atoms with Gasteiger partial charge in [0.1, 0.15) is 0 Å². The molecule has 16 heavy (non-hydrogen) atoms. The molecule has 0 amide bonds. The molecule has 82 valence electrons. The van der Waals surface area contributed by atoms with Gasteiger partial charge in [0.2, 0.25) is 0 Å². The van der Waals surface area contributed by atoms with E-state index in [1.165, 1.54) is 5.56 Å². The minimum absolute atomic E-state index is 0.758. The highest BCUT2D eigenvalue weighted by Gasteiger charge is 2.05. The summed E-state index contributed by atoms with van der Waals surface area (Å²) in [6.45, 7) is 2.05. The average molecular weight is 250 g/mol. The van der Waals surface area contributed by atoms with Crippen LogP contribution in [0, 0.1) is 6.92 Å². The van der Waals surface area contributed by atoms with E-state index >= 15 is 0 Å². The zero-order valence-electron chi connectivity index (χ0n) is 8.91. The standard InChI is InChI=1S/C13H12ClNS/c1-9-6-7-11(15)13(8-9)16-12-5-3-2-4-10(12)14/h2-8H,15H2,1H3. The second-order valence-corrected chi connectivity index (χ2v) is 5.06. The first-order valence-electron chi connectivity index (χ1n) is 4.95. The molecule has 3 heteroatoms. The van der Waals surface area contributed by atoms with Crippen molar-refractivity contribution in [3.8, 4) is 0 Å². The highest BCUT2D eigenvalue weighted by atomic mass is 35.5. The van der Waals surface area contributed by atoms with Gasteiger partial charge in [-0.2, -0.15) is 0 Å². The molecule has 1 nitrogen and oxygen atoms in total. The smallest absolute Gasteiger partial charge is 0.0545 e. The maximum absolute atomic E-state index is 6.10. The number of anilines is 1. The molecule has 0 aliphatic carbocycles. The van der Waals surface area contributed by atoms with Gasteiger partial charge >= 0.3 is 0 Å². The Bertz CT molecular complexity index is 511. The van der Waals surface area contributed by atoms with E-state index in [1.54, 1.807) is 11.8 Å². The van der Waals surface area contributed by atoms with Crippen LogP contribution in [0.1, 0.15) is 5.56 Å². The summed E-state index contributed by atoms with van der Waals surface area (Å²) in [6, 6.07) is 13.8. The Kier molecular flexibility index (Phi) is 3.42. The van der Waals surface area contributed by atoms with Crippen LogP contribution in [0.4, 0.5) is 5.69 Å². The average Bonchev–Trinajstić information content (AvgIpc) is 2.27. The molecule has 0 fully saturated rings. The lowest BCUT2D eigenvalue weighted by atomic mass is 10.2. The van der Waals surface area contributed by atoms with Gasteiger partial charge in [0.15, 0.2) is 0 Å². The van der Waals surface area contributed by atoms with Gasteiger partial charge in [-0.1, -0.05) is 41.6 Å². The lowest BCUT2D eigenvalue weighted by Crippen LogP contribution is -1.89. The molecule has 0 unspecified atom stereocenters. The van der Waals surface area contributed by atoms with E-state index in [0.29, 0.717) is 0 Å². The topological polar surface area (TPSA) is 26.0 Å². The van der Waals surface area contributed by atoms with Crippen LogP contribution in [-0.4, -0.2) is 0 Å². The third kappa shape index (κ3) is 2.52. The first kappa shape index (κ1) is 11.4. The van der Waals surface area contributed by atoms with Crippen molar-refractivity contribution >= 4 is 29.1 Å². The van der Waals surface area contributed by atoms with E-state index < -0.39 is 0 Å². The summed E-state index contributed by atoms with van der Waals surface area (Å²) in [7, 11) is 0. The predicted molar refractivity (Wildman–Crippen MR) is 71.2 cm³/mol. The molecule has 2 aromatic carbocycles. The predicted octanol–water partition coefficient (Wildman–Crippen LogP) is 4.38. The number of nitrogens with two attached hydrogens (primary N) is 1. The number of halogens is 1. The quantitative estimate of drug-likeness (QED) is 0.800. The third-order valence-corrected chi connectivity index (χ3v) is 3.82. The lowest BCUT2D eigenvalue weighted by Gasteiger charge is -2.07. The summed E-state index contributed by atoms with van der Waals surface area (Å²) >= 11 is 7.70. The molecule has 0 aromatic heterocycles. The third-order valence-electron chi connectivity index (χ3n) is 2.23. The Morgan fingerprint density at radius 2 is 1.81 bits per heavy atom. The van der Waals surface area contributed by atoms with Crippen molar-refractivity contribution in [3.05, 3.63) is 53.1 Å². The normalized spacial score (nSPS) is 10.4. The van der Waals surface area contributed by atoms with Crippen LogP contribution in [0.3, 0.4) is 0 Å².